The van der Waals surface area contributed by atoms with Crippen LogP contribution in [-0.4, -0.2) is 38.9 Å². The summed E-state index contributed by atoms with van der Waals surface area (Å²) in [6, 6.07) is 3.64. The third kappa shape index (κ3) is 3.08. The molecule has 19 heavy (non-hydrogen) atoms. The highest BCUT2D eigenvalue weighted by Crippen LogP contribution is 2.24. The fourth-order valence-electron chi connectivity index (χ4n) is 2.18. The molecule has 1 heterocycles. The maximum Gasteiger partial charge on any atom is 0.243 e. The topological polar surface area (TPSA) is 49.4 Å². The van der Waals surface area contributed by atoms with E-state index in [1.54, 1.807) is 0 Å². The molecule has 0 amide bonds. The molecular formula is C12H16ClFN2O2S. The normalized spacial score (nSPS) is 21.5. The number of sulfonamides is 1. The van der Waals surface area contributed by atoms with Gasteiger partial charge >= 0.3 is 0 Å². The zero-order valence-corrected chi connectivity index (χ0v) is 12.1. The molecule has 0 aliphatic carbocycles. The molecule has 0 aromatic heterocycles. The summed E-state index contributed by atoms with van der Waals surface area (Å²) in [5, 5.41) is 2.91. The number of nitrogens with one attached hydrogen (secondary N) is 1. The second-order valence-corrected chi connectivity index (χ2v) is 6.91. The lowest BCUT2D eigenvalue weighted by atomic mass is 10.1. The van der Waals surface area contributed by atoms with Gasteiger partial charge in [-0.1, -0.05) is 11.6 Å². The van der Waals surface area contributed by atoms with E-state index in [-0.39, 0.29) is 16.0 Å². The summed E-state index contributed by atoms with van der Waals surface area (Å²) >= 11 is 5.64. The average molecular weight is 307 g/mol. The summed E-state index contributed by atoms with van der Waals surface area (Å²) in [5.74, 6) is -0.618. The maximum absolute atomic E-state index is 13.1. The van der Waals surface area contributed by atoms with Crippen molar-refractivity contribution in [2.45, 2.75) is 23.8 Å². The third-order valence-electron chi connectivity index (χ3n) is 3.32. The Morgan fingerprint density at radius 1 is 1.47 bits per heavy atom. The van der Waals surface area contributed by atoms with Crippen molar-refractivity contribution >= 4 is 21.6 Å². The molecule has 7 heteroatoms. The van der Waals surface area contributed by atoms with Gasteiger partial charge in [0.15, 0.2) is 0 Å². The Morgan fingerprint density at radius 3 is 2.84 bits per heavy atom. The van der Waals surface area contributed by atoms with Crippen LogP contribution in [0, 0.1) is 5.82 Å². The smallest absolute Gasteiger partial charge is 0.243 e. The average Bonchev–Trinajstić information content (AvgIpc) is 2.41. The van der Waals surface area contributed by atoms with E-state index < -0.39 is 15.8 Å². The second kappa shape index (κ2) is 5.75. The molecule has 1 saturated heterocycles. The van der Waals surface area contributed by atoms with Crippen LogP contribution >= 0.6 is 11.6 Å². The van der Waals surface area contributed by atoms with E-state index in [1.165, 1.54) is 10.4 Å². The van der Waals surface area contributed by atoms with Crippen LogP contribution < -0.4 is 5.32 Å². The summed E-state index contributed by atoms with van der Waals surface area (Å²) in [6.07, 6.45) is 1.76. The minimum absolute atomic E-state index is 0.0376. The van der Waals surface area contributed by atoms with Gasteiger partial charge in [-0.3, -0.25) is 0 Å². The Morgan fingerprint density at radius 2 is 2.21 bits per heavy atom. The number of hydrogen-bond donors (Lipinski definition) is 1. The predicted octanol–water partition coefficient (Wildman–Crippen LogP) is 1.85. The molecule has 0 radical (unpaired) electrons. The highest BCUT2D eigenvalue weighted by molar-refractivity contribution is 7.89. The van der Waals surface area contributed by atoms with E-state index in [0.29, 0.717) is 13.1 Å². The lowest BCUT2D eigenvalue weighted by molar-refractivity contribution is 0.293. The van der Waals surface area contributed by atoms with Crippen molar-refractivity contribution in [2.75, 3.05) is 20.1 Å². The first-order valence-electron chi connectivity index (χ1n) is 6.07. The molecule has 0 bridgehead atoms. The van der Waals surface area contributed by atoms with Crippen LogP contribution in [0.3, 0.4) is 0 Å². The van der Waals surface area contributed by atoms with Crippen LogP contribution in [0.2, 0.25) is 5.02 Å². The van der Waals surface area contributed by atoms with Gasteiger partial charge in [-0.2, -0.15) is 4.31 Å². The Labute approximate surface area is 117 Å². The van der Waals surface area contributed by atoms with Gasteiger partial charge in [-0.25, -0.2) is 12.8 Å². The Kier molecular flexibility index (Phi) is 4.45. The summed E-state index contributed by atoms with van der Waals surface area (Å²) < 4.78 is 39.4. The Hall–Kier alpha value is -0.690. The van der Waals surface area contributed by atoms with Crippen LogP contribution in [0.4, 0.5) is 4.39 Å². The largest absolute Gasteiger partial charge is 0.316 e. The van der Waals surface area contributed by atoms with E-state index in [2.05, 4.69) is 5.32 Å². The molecule has 0 unspecified atom stereocenters. The molecule has 1 aromatic carbocycles. The highest BCUT2D eigenvalue weighted by Gasteiger charge is 2.29. The molecule has 2 rings (SSSR count). The molecule has 1 fully saturated rings. The van der Waals surface area contributed by atoms with Gasteiger partial charge in [0.2, 0.25) is 10.0 Å². The van der Waals surface area contributed by atoms with Gasteiger partial charge in [-0.05, 0) is 38.1 Å². The standard InChI is InChI=1S/C12H16ClFN2O2S/c1-15-9-3-2-6-16(8-9)19(17,18)10-4-5-12(14)11(13)7-10/h4-5,7,9,15H,2-3,6,8H2,1H3/t9-/m0/s1. The molecule has 106 valence electrons. The van der Waals surface area contributed by atoms with Gasteiger partial charge in [0.1, 0.15) is 5.82 Å². The maximum atomic E-state index is 13.1. The van der Waals surface area contributed by atoms with Crippen LogP contribution in [0.25, 0.3) is 0 Å². The van der Waals surface area contributed by atoms with Crippen LogP contribution in [-0.2, 0) is 10.0 Å². The number of likely N-dealkylation sites (N-methyl/N-ethyl adjacent to an activating group) is 1. The zero-order chi connectivity index (χ0) is 14.0. The fraction of sp³-hybridized carbons (Fsp3) is 0.500. The quantitative estimate of drug-likeness (QED) is 0.927. The number of nitrogens with zero attached hydrogens (tertiary/aromatic N) is 1. The van der Waals surface area contributed by atoms with E-state index in [9.17, 15) is 12.8 Å². The van der Waals surface area contributed by atoms with Crippen molar-refractivity contribution < 1.29 is 12.8 Å². The SMILES string of the molecule is CN[C@H]1CCCN(S(=O)(=O)c2ccc(F)c(Cl)c2)C1. The van der Waals surface area contributed by atoms with Crippen molar-refractivity contribution in [1.29, 1.82) is 0 Å². The van der Waals surface area contributed by atoms with E-state index in [4.69, 9.17) is 11.6 Å². The minimum atomic E-state index is -3.60. The summed E-state index contributed by atoms with van der Waals surface area (Å²) in [4.78, 5) is 0.0376. The highest BCUT2D eigenvalue weighted by atomic mass is 35.5. The molecule has 1 atom stereocenters. The molecule has 1 aliphatic rings. The lowest BCUT2D eigenvalue weighted by Crippen LogP contribution is -2.46. The third-order valence-corrected chi connectivity index (χ3v) is 5.47. The monoisotopic (exact) mass is 306 g/mol. The molecule has 1 N–H and O–H groups in total. The predicted molar refractivity (Wildman–Crippen MR) is 72.3 cm³/mol. The minimum Gasteiger partial charge on any atom is -0.316 e. The number of piperidine rings is 1. The van der Waals surface area contributed by atoms with E-state index in [0.717, 1.165) is 25.0 Å². The van der Waals surface area contributed by atoms with Gasteiger partial charge in [-0.15, -0.1) is 0 Å². The number of hydrogen-bond acceptors (Lipinski definition) is 3. The van der Waals surface area contributed by atoms with Crippen molar-refractivity contribution in [3.8, 4) is 0 Å². The summed E-state index contributed by atoms with van der Waals surface area (Å²) in [5.41, 5.74) is 0. The lowest BCUT2D eigenvalue weighted by Gasteiger charge is -2.31. The number of rotatable bonds is 3. The van der Waals surface area contributed by atoms with Crippen molar-refractivity contribution in [3.63, 3.8) is 0 Å². The van der Waals surface area contributed by atoms with Crippen molar-refractivity contribution in [1.82, 2.24) is 9.62 Å². The van der Waals surface area contributed by atoms with Gasteiger partial charge in [0, 0.05) is 19.1 Å². The molecule has 1 aromatic rings. The summed E-state index contributed by atoms with van der Waals surface area (Å²) in [6.45, 7) is 0.906. The van der Waals surface area contributed by atoms with Gasteiger partial charge in [0.05, 0.1) is 9.92 Å². The van der Waals surface area contributed by atoms with Crippen molar-refractivity contribution in [3.05, 3.63) is 29.0 Å². The first-order chi connectivity index (χ1) is 8.95. The van der Waals surface area contributed by atoms with Crippen molar-refractivity contribution in [2.24, 2.45) is 0 Å². The Bertz CT molecular complexity index is 565. The molecular weight excluding hydrogens is 291 g/mol. The second-order valence-electron chi connectivity index (χ2n) is 4.57. The number of halogens is 2. The molecule has 0 spiro atoms. The van der Waals surface area contributed by atoms with E-state index in [1.807, 2.05) is 7.05 Å². The molecule has 0 saturated carbocycles. The van der Waals surface area contributed by atoms with Gasteiger partial charge in [0.25, 0.3) is 0 Å². The first-order valence-corrected chi connectivity index (χ1v) is 7.89. The fourth-order valence-corrected chi connectivity index (χ4v) is 3.98. The molecule has 4 nitrogen and oxygen atoms in total. The van der Waals surface area contributed by atoms with Crippen LogP contribution in [0.5, 0.6) is 0 Å². The van der Waals surface area contributed by atoms with Crippen LogP contribution in [0.15, 0.2) is 23.1 Å². The molecule has 1 aliphatic heterocycles. The van der Waals surface area contributed by atoms with Gasteiger partial charge < -0.3 is 5.32 Å². The zero-order valence-electron chi connectivity index (χ0n) is 10.6. The number of benzene rings is 1. The summed E-state index contributed by atoms with van der Waals surface area (Å²) in [7, 11) is -1.79. The van der Waals surface area contributed by atoms with Crippen LogP contribution in [0.1, 0.15) is 12.8 Å². The van der Waals surface area contributed by atoms with E-state index >= 15 is 0 Å². The first kappa shape index (κ1) is 14.7. The Balaban J connectivity index is 2.28.